The van der Waals surface area contributed by atoms with Crippen molar-refractivity contribution in [1.29, 1.82) is 0 Å². The maximum Gasteiger partial charge on any atom is 0.202 e. The van der Waals surface area contributed by atoms with Crippen molar-refractivity contribution in [2.75, 3.05) is 6.61 Å². The minimum Gasteiger partial charge on any atom is -0.485 e. The van der Waals surface area contributed by atoms with Crippen LogP contribution in [-0.2, 0) is 0 Å². The number of hydrogen-bond donors (Lipinski definition) is 1. The average Bonchev–Trinajstić information content (AvgIpc) is 2.81. The van der Waals surface area contributed by atoms with Crippen LogP contribution in [0.5, 0.6) is 5.75 Å². The third-order valence-corrected chi connectivity index (χ3v) is 3.57. The monoisotopic (exact) mass is 299 g/mol. The van der Waals surface area contributed by atoms with Crippen LogP contribution in [0.4, 0.5) is 0 Å². The van der Waals surface area contributed by atoms with Gasteiger partial charge in [-0.1, -0.05) is 35.9 Å². The topological polar surface area (TPSA) is 42.1 Å². The number of carbonyl (C=O) groups excluding carboxylic acids is 1. The van der Waals surface area contributed by atoms with Gasteiger partial charge in [0, 0.05) is 27.2 Å². The van der Waals surface area contributed by atoms with E-state index in [1.54, 1.807) is 24.3 Å². The van der Waals surface area contributed by atoms with Crippen molar-refractivity contribution in [3.63, 3.8) is 0 Å². The molecule has 0 atom stereocenters. The molecule has 0 radical (unpaired) electrons. The number of aromatic amines is 1. The number of rotatable bonds is 4. The smallest absolute Gasteiger partial charge is 0.202 e. The molecular weight excluding hydrogens is 286 g/mol. The van der Waals surface area contributed by atoms with Crippen molar-refractivity contribution in [3.05, 3.63) is 64.8 Å². The first kappa shape index (κ1) is 13.7. The van der Waals surface area contributed by atoms with E-state index in [4.69, 9.17) is 16.3 Å². The summed E-state index contributed by atoms with van der Waals surface area (Å²) in [5.74, 6) is 0.540. The molecule has 106 valence electrons. The van der Waals surface area contributed by atoms with Crippen molar-refractivity contribution in [2.45, 2.75) is 6.92 Å². The second kappa shape index (κ2) is 5.62. The lowest BCUT2D eigenvalue weighted by Gasteiger charge is -2.06. The molecule has 3 aromatic rings. The molecule has 2 aromatic carbocycles. The molecule has 1 aromatic heterocycles. The Morgan fingerprint density at radius 2 is 2.00 bits per heavy atom. The lowest BCUT2D eigenvalue weighted by molar-refractivity contribution is 0.0922. The minimum absolute atomic E-state index is 0.0109. The number of hydrogen-bond acceptors (Lipinski definition) is 2. The van der Waals surface area contributed by atoms with E-state index in [-0.39, 0.29) is 12.4 Å². The van der Waals surface area contributed by atoms with Gasteiger partial charge in [0.25, 0.3) is 0 Å². The van der Waals surface area contributed by atoms with Crippen LogP contribution < -0.4 is 4.74 Å². The van der Waals surface area contributed by atoms with Gasteiger partial charge in [0.05, 0.1) is 0 Å². The van der Waals surface area contributed by atoms with Gasteiger partial charge in [-0.05, 0) is 31.2 Å². The first-order valence-electron chi connectivity index (χ1n) is 6.64. The van der Waals surface area contributed by atoms with Crippen molar-refractivity contribution in [2.24, 2.45) is 0 Å². The fourth-order valence-electron chi connectivity index (χ4n) is 2.41. The zero-order valence-corrected chi connectivity index (χ0v) is 12.3. The number of aromatic nitrogens is 1. The number of para-hydroxylation sites is 1. The highest BCUT2D eigenvalue weighted by atomic mass is 35.5. The Labute approximate surface area is 127 Å². The second-order valence-electron chi connectivity index (χ2n) is 4.84. The van der Waals surface area contributed by atoms with Crippen molar-refractivity contribution < 1.29 is 9.53 Å². The number of fused-ring (bicyclic) bond motifs is 1. The molecule has 1 N–H and O–H groups in total. The Morgan fingerprint density at radius 1 is 1.19 bits per heavy atom. The molecule has 3 rings (SSSR count). The predicted octanol–water partition coefficient (Wildman–Crippen LogP) is 4.39. The van der Waals surface area contributed by atoms with Gasteiger partial charge in [0.1, 0.15) is 5.75 Å². The summed E-state index contributed by atoms with van der Waals surface area (Å²) in [6.45, 7) is 1.88. The van der Waals surface area contributed by atoms with Gasteiger partial charge in [-0.2, -0.15) is 0 Å². The number of halogens is 1. The third kappa shape index (κ3) is 2.78. The molecule has 0 fully saturated rings. The Balaban J connectivity index is 1.83. The first-order chi connectivity index (χ1) is 10.1. The quantitative estimate of drug-likeness (QED) is 0.726. The maximum absolute atomic E-state index is 12.4. The minimum atomic E-state index is -0.0510. The molecule has 1 heterocycles. The summed E-state index contributed by atoms with van der Waals surface area (Å²) >= 11 is 5.89. The molecule has 0 bridgehead atoms. The van der Waals surface area contributed by atoms with Crippen LogP contribution in [0, 0.1) is 6.92 Å². The summed E-state index contributed by atoms with van der Waals surface area (Å²) in [4.78, 5) is 15.6. The zero-order chi connectivity index (χ0) is 14.8. The van der Waals surface area contributed by atoms with Crippen LogP contribution in [0.25, 0.3) is 10.9 Å². The van der Waals surface area contributed by atoms with Gasteiger partial charge < -0.3 is 9.72 Å². The lowest BCUT2D eigenvalue weighted by atomic mass is 10.1. The van der Waals surface area contributed by atoms with Gasteiger partial charge in [-0.25, -0.2) is 0 Å². The van der Waals surface area contributed by atoms with Crippen LogP contribution in [0.2, 0.25) is 5.02 Å². The van der Waals surface area contributed by atoms with E-state index in [9.17, 15) is 4.79 Å². The first-order valence-corrected chi connectivity index (χ1v) is 7.02. The molecule has 4 heteroatoms. The van der Waals surface area contributed by atoms with Crippen LogP contribution >= 0.6 is 11.6 Å². The fourth-order valence-corrected chi connectivity index (χ4v) is 2.59. The molecule has 0 aliphatic carbocycles. The number of H-pyrrole nitrogens is 1. The summed E-state index contributed by atoms with van der Waals surface area (Å²) in [6.07, 6.45) is 0. The molecule has 0 unspecified atom stereocenters. The Morgan fingerprint density at radius 3 is 2.81 bits per heavy atom. The normalized spacial score (nSPS) is 10.8. The summed E-state index contributed by atoms with van der Waals surface area (Å²) < 4.78 is 5.53. The number of Topliss-reactive ketones (excluding diaryl/α,β-unsaturated/α-hetero) is 1. The van der Waals surface area contributed by atoms with E-state index >= 15 is 0 Å². The third-order valence-electron chi connectivity index (χ3n) is 3.34. The standard InChI is InChI=1S/C17H14ClNO2/c1-11-17(14-7-2-3-8-15(14)19-11)16(20)10-21-13-6-4-5-12(18)9-13/h2-9,19H,10H2,1H3. The number of aryl methyl sites for hydroxylation is 1. The largest absolute Gasteiger partial charge is 0.485 e. The fraction of sp³-hybridized carbons (Fsp3) is 0.118. The molecule has 21 heavy (non-hydrogen) atoms. The molecule has 0 spiro atoms. The molecule has 0 saturated heterocycles. The van der Waals surface area contributed by atoms with E-state index in [0.29, 0.717) is 16.3 Å². The highest BCUT2D eigenvalue weighted by Crippen LogP contribution is 2.23. The van der Waals surface area contributed by atoms with E-state index in [1.165, 1.54) is 0 Å². The van der Waals surface area contributed by atoms with Gasteiger partial charge in [0.15, 0.2) is 6.61 Å². The lowest BCUT2D eigenvalue weighted by Crippen LogP contribution is -2.12. The van der Waals surface area contributed by atoms with Crippen LogP contribution in [-0.4, -0.2) is 17.4 Å². The molecule has 0 aliphatic heterocycles. The van der Waals surface area contributed by atoms with Crippen LogP contribution in [0.15, 0.2) is 48.5 Å². The summed E-state index contributed by atoms with van der Waals surface area (Å²) in [5, 5.41) is 1.51. The van der Waals surface area contributed by atoms with Gasteiger partial charge >= 0.3 is 0 Å². The van der Waals surface area contributed by atoms with Gasteiger partial charge in [0.2, 0.25) is 5.78 Å². The Hall–Kier alpha value is -2.26. The molecule has 0 aliphatic rings. The second-order valence-corrected chi connectivity index (χ2v) is 5.28. The SMILES string of the molecule is Cc1[nH]c2ccccc2c1C(=O)COc1cccc(Cl)c1. The summed E-state index contributed by atoms with van der Waals surface area (Å²) in [5.41, 5.74) is 2.50. The van der Waals surface area contributed by atoms with Crippen molar-refractivity contribution in [1.82, 2.24) is 4.98 Å². The average molecular weight is 300 g/mol. The summed E-state index contributed by atoms with van der Waals surface area (Å²) in [6, 6.07) is 14.8. The van der Waals surface area contributed by atoms with Crippen LogP contribution in [0.1, 0.15) is 16.1 Å². The van der Waals surface area contributed by atoms with Crippen molar-refractivity contribution >= 4 is 28.3 Å². The Bertz CT molecular complexity index is 807. The van der Waals surface area contributed by atoms with E-state index in [0.717, 1.165) is 16.6 Å². The number of ketones is 1. The van der Waals surface area contributed by atoms with Crippen molar-refractivity contribution in [3.8, 4) is 5.75 Å². The Kier molecular flexibility index (Phi) is 3.67. The zero-order valence-electron chi connectivity index (χ0n) is 11.5. The predicted molar refractivity (Wildman–Crippen MR) is 84.3 cm³/mol. The highest BCUT2D eigenvalue weighted by Gasteiger charge is 2.16. The molecule has 0 saturated carbocycles. The molecular formula is C17H14ClNO2. The summed E-state index contributed by atoms with van der Waals surface area (Å²) in [7, 11) is 0. The highest BCUT2D eigenvalue weighted by molar-refractivity contribution is 6.30. The number of carbonyl (C=O) groups is 1. The van der Waals surface area contributed by atoms with Crippen LogP contribution in [0.3, 0.4) is 0 Å². The molecule has 3 nitrogen and oxygen atoms in total. The number of benzene rings is 2. The maximum atomic E-state index is 12.4. The van der Waals surface area contributed by atoms with E-state index in [1.807, 2.05) is 31.2 Å². The number of ether oxygens (including phenoxy) is 1. The van der Waals surface area contributed by atoms with Gasteiger partial charge in [-0.3, -0.25) is 4.79 Å². The van der Waals surface area contributed by atoms with E-state index in [2.05, 4.69) is 4.98 Å². The number of nitrogens with one attached hydrogen (secondary N) is 1. The van der Waals surface area contributed by atoms with Gasteiger partial charge in [-0.15, -0.1) is 0 Å². The van der Waals surface area contributed by atoms with E-state index < -0.39 is 0 Å². The molecule has 0 amide bonds.